The highest BCUT2D eigenvalue weighted by atomic mass is 35.5. The number of methoxy groups -OCH3 is 1. The summed E-state index contributed by atoms with van der Waals surface area (Å²) in [6, 6.07) is 2.86. The molecular formula is C10H13ClN2O3. The van der Waals surface area contributed by atoms with Crippen LogP contribution < -0.4 is 4.74 Å². The van der Waals surface area contributed by atoms with E-state index in [-0.39, 0.29) is 11.1 Å². The number of nitro groups is 1. The van der Waals surface area contributed by atoms with Gasteiger partial charge in [0.2, 0.25) is 5.88 Å². The smallest absolute Gasteiger partial charge is 0.291 e. The van der Waals surface area contributed by atoms with Gasteiger partial charge in [-0.1, -0.05) is 6.92 Å². The van der Waals surface area contributed by atoms with Crippen LogP contribution in [0.25, 0.3) is 0 Å². The average Bonchev–Trinajstić information content (AvgIpc) is 2.28. The number of pyridine rings is 1. The molecule has 1 heterocycles. The quantitative estimate of drug-likeness (QED) is 0.454. The third-order valence-electron chi connectivity index (χ3n) is 2.19. The predicted octanol–water partition coefficient (Wildman–Crippen LogP) is 2.56. The van der Waals surface area contributed by atoms with E-state index in [2.05, 4.69) is 4.98 Å². The maximum atomic E-state index is 10.8. The van der Waals surface area contributed by atoms with Crippen molar-refractivity contribution < 1.29 is 9.66 Å². The maximum absolute atomic E-state index is 10.8. The zero-order valence-corrected chi connectivity index (χ0v) is 9.90. The van der Waals surface area contributed by atoms with E-state index in [0.717, 1.165) is 6.42 Å². The number of hydrogen-bond acceptors (Lipinski definition) is 4. The Morgan fingerprint density at radius 1 is 1.62 bits per heavy atom. The molecule has 0 saturated carbocycles. The summed E-state index contributed by atoms with van der Waals surface area (Å²) in [6.07, 6.45) is 1.10. The molecular weight excluding hydrogens is 232 g/mol. The molecule has 88 valence electrons. The van der Waals surface area contributed by atoms with Gasteiger partial charge < -0.3 is 4.74 Å². The van der Waals surface area contributed by atoms with E-state index in [1.54, 1.807) is 0 Å². The Balaban J connectivity index is 3.05. The Labute approximate surface area is 98.5 Å². The second kappa shape index (κ2) is 5.65. The van der Waals surface area contributed by atoms with Crippen LogP contribution in [0.4, 0.5) is 5.69 Å². The molecule has 5 nitrogen and oxygen atoms in total. The number of ether oxygens (including phenoxy) is 1. The average molecular weight is 245 g/mol. The third kappa shape index (κ3) is 3.06. The van der Waals surface area contributed by atoms with Gasteiger partial charge in [-0.2, -0.15) is 0 Å². The van der Waals surface area contributed by atoms with Gasteiger partial charge in [-0.05, 0) is 6.42 Å². The van der Waals surface area contributed by atoms with E-state index < -0.39 is 4.92 Å². The molecule has 16 heavy (non-hydrogen) atoms. The van der Waals surface area contributed by atoms with Crippen molar-refractivity contribution in [1.29, 1.82) is 0 Å². The first kappa shape index (κ1) is 12.7. The normalized spacial score (nSPS) is 12.2. The van der Waals surface area contributed by atoms with Gasteiger partial charge in [-0.25, -0.2) is 4.98 Å². The van der Waals surface area contributed by atoms with Crippen molar-refractivity contribution in [2.24, 2.45) is 0 Å². The lowest BCUT2D eigenvalue weighted by atomic mass is 10.1. The molecule has 0 saturated heterocycles. The summed E-state index contributed by atoms with van der Waals surface area (Å²) in [5.74, 6) is 0.362. The number of rotatable bonds is 5. The zero-order chi connectivity index (χ0) is 12.1. The fraction of sp³-hybridized carbons (Fsp3) is 0.500. The van der Waals surface area contributed by atoms with Gasteiger partial charge in [0.25, 0.3) is 5.69 Å². The Kier molecular flexibility index (Phi) is 4.49. The summed E-state index contributed by atoms with van der Waals surface area (Å²) in [5, 5.41) is 10.6. The van der Waals surface area contributed by atoms with Crippen molar-refractivity contribution in [2.45, 2.75) is 25.1 Å². The highest BCUT2D eigenvalue weighted by molar-refractivity contribution is 6.20. The van der Waals surface area contributed by atoms with Gasteiger partial charge in [0.05, 0.1) is 12.0 Å². The summed E-state index contributed by atoms with van der Waals surface area (Å²) in [6.45, 7) is 1.92. The van der Waals surface area contributed by atoms with Gasteiger partial charge in [0.15, 0.2) is 0 Å². The first-order valence-corrected chi connectivity index (χ1v) is 5.34. The molecule has 0 aliphatic heterocycles. The summed E-state index contributed by atoms with van der Waals surface area (Å²) in [5.41, 5.74) is 0.353. The van der Waals surface area contributed by atoms with Crippen LogP contribution in [0.1, 0.15) is 19.0 Å². The Morgan fingerprint density at radius 2 is 2.31 bits per heavy atom. The molecule has 1 rings (SSSR count). The Hall–Kier alpha value is -1.36. The molecule has 0 bridgehead atoms. The third-order valence-corrected chi connectivity index (χ3v) is 2.65. The minimum Gasteiger partial charge on any atom is -0.481 e. The minimum absolute atomic E-state index is 0.0140. The molecule has 1 aromatic heterocycles. The second-order valence-corrected chi connectivity index (χ2v) is 3.90. The lowest BCUT2D eigenvalue weighted by molar-refractivity contribution is -0.386. The van der Waals surface area contributed by atoms with E-state index in [0.29, 0.717) is 18.0 Å². The summed E-state index contributed by atoms with van der Waals surface area (Å²) < 4.78 is 4.93. The summed E-state index contributed by atoms with van der Waals surface area (Å²) in [4.78, 5) is 14.4. The van der Waals surface area contributed by atoms with Crippen LogP contribution >= 0.6 is 11.6 Å². The molecule has 0 aromatic carbocycles. The Morgan fingerprint density at radius 3 is 2.81 bits per heavy atom. The standard InChI is InChI=1S/C10H13ClN2O3/c1-3-7(11)6-8-9(13(14)15)4-5-10(12-8)16-2/h4-5,7H,3,6H2,1-2H3. The van der Waals surface area contributed by atoms with E-state index in [9.17, 15) is 10.1 Å². The zero-order valence-electron chi connectivity index (χ0n) is 9.14. The van der Waals surface area contributed by atoms with Crippen molar-refractivity contribution in [2.75, 3.05) is 7.11 Å². The lowest BCUT2D eigenvalue weighted by Gasteiger charge is -2.07. The number of nitrogens with zero attached hydrogens (tertiary/aromatic N) is 2. The van der Waals surface area contributed by atoms with Crippen molar-refractivity contribution in [3.63, 3.8) is 0 Å². The van der Waals surface area contributed by atoms with Crippen LogP contribution in [0.2, 0.25) is 0 Å². The molecule has 1 unspecified atom stereocenters. The molecule has 1 aromatic rings. The van der Waals surface area contributed by atoms with Crippen molar-refractivity contribution in [1.82, 2.24) is 4.98 Å². The molecule has 0 aliphatic carbocycles. The predicted molar refractivity (Wildman–Crippen MR) is 61.1 cm³/mol. The topological polar surface area (TPSA) is 65.3 Å². The van der Waals surface area contributed by atoms with Crippen LogP contribution in [-0.2, 0) is 6.42 Å². The lowest BCUT2D eigenvalue weighted by Crippen LogP contribution is -2.07. The summed E-state index contributed by atoms with van der Waals surface area (Å²) in [7, 11) is 1.47. The molecule has 0 spiro atoms. The molecule has 0 amide bonds. The van der Waals surface area contributed by atoms with Gasteiger partial charge in [-0.15, -0.1) is 11.6 Å². The second-order valence-electron chi connectivity index (χ2n) is 3.29. The summed E-state index contributed by atoms with van der Waals surface area (Å²) >= 11 is 5.97. The van der Waals surface area contributed by atoms with Gasteiger partial charge >= 0.3 is 0 Å². The van der Waals surface area contributed by atoms with Crippen molar-refractivity contribution in [3.05, 3.63) is 27.9 Å². The number of alkyl halides is 1. The van der Waals surface area contributed by atoms with E-state index in [1.165, 1.54) is 19.2 Å². The van der Waals surface area contributed by atoms with E-state index in [1.807, 2.05) is 6.92 Å². The monoisotopic (exact) mass is 244 g/mol. The van der Waals surface area contributed by atoms with E-state index in [4.69, 9.17) is 16.3 Å². The minimum atomic E-state index is -0.457. The fourth-order valence-corrected chi connectivity index (χ4v) is 1.40. The van der Waals surface area contributed by atoms with Gasteiger partial charge in [0, 0.05) is 23.9 Å². The number of aromatic nitrogens is 1. The molecule has 0 aliphatic rings. The number of hydrogen-bond donors (Lipinski definition) is 0. The Bertz CT molecular complexity index is 384. The maximum Gasteiger partial charge on any atom is 0.291 e. The van der Waals surface area contributed by atoms with Crippen LogP contribution in [0.5, 0.6) is 5.88 Å². The molecule has 1 atom stereocenters. The molecule has 0 fully saturated rings. The van der Waals surface area contributed by atoms with E-state index >= 15 is 0 Å². The van der Waals surface area contributed by atoms with Crippen LogP contribution in [-0.4, -0.2) is 22.4 Å². The molecule has 0 radical (unpaired) electrons. The highest BCUT2D eigenvalue weighted by Crippen LogP contribution is 2.23. The van der Waals surface area contributed by atoms with Crippen molar-refractivity contribution in [3.8, 4) is 5.88 Å². The van der Waals surface area contributed by atoms with Crippen LogP contribution in [0.3, 0.4) is 0 Å². The van der Waals surface area contributed by atoms with Gasteiger partial charge in [0.1, 0.15) is 5.69 Å². The fourth-order valence-electron chi connectivity index (χ4n) is 1.26. The van der Waals surface area contributed by atoms with Gasteiger partial charge in [-0.3, -0.25) is 10.1 Å². The van der Waals surface area contributed by atoms with Crippen molar-refractivity contribution >= 4 is 17.3 Å². The van der Waals surface area contributed by atoms with Crippen LogP contribution in [0.15, 0.2) is 12.1 Å². The first-order chi connectivity index (χ1) is 7.58. The SMILES string of the molecule is CCC(Cl)Cc1nc(OC)ccc1[N+](=O)[O-]. The highest BCUT2D eigenvalue weighted by Gasteiger charge is 2.18. The first-order valence-electron chi connectivity index (χ1n) is 4.90. The van der Waals surface area contributed by atoms with Crippen LogP contribution in [0, 0.1) is 10.1 Å². The molecule has 0 N–H and O–H groups in total. The molecule has 6 heteroatoms. The number of halogens is 1. The largest absolute Gasteiger partial charge is 0.481 e.